The van der Waals surface area contributed by atoms with E-state index in [1.807, 2.05) is 0 Å². The van der Waals surface area contributed by atoms with Gasteiger partial charge in [0.15, 0.2) is 0 Å². The van der Waals surface area contributed by atoms with E-state index in [4.69, 9.17) is 0 Å². The fourth-order valence-electron chi connectivity index (χ4n) is 2.25. The number of rotatable bonds is 3. The van der Waals surface area contributed by atoms with Crippen molar-refractivity contribution in [2.45, 2.75) is 25.2 Å². The first-order valence-electron chi connectivity index (χ1n) is 6.26. The second-order valence-electron chi connectivity index (χ2n) is 4.76. The average molecular weight is 295 g/mol. The molecule has 1 N–H and O–H groups in total. The summed E-state index contributed by atoms with van der Waals surface area (Å²) in [6.45, 7) is 0. The molecule has 0 unspecified atom stereocenters. The third-order valence-corrected chi connectivity index (χ3v) is 4.59. The highest BCUT2D eigenvalue weighted by atomic mass is 32.1. The van der Waals surface area contributed by atoms with Crippen LogP contribution in [0.15, 0.2) is 18.2 Å². The standard InChI is InChI=1S/C14H11F2NO2S/c15-8-5-2-6-9(16)10(8)13-17-11(7-3-1-4-7)12(20-13)14(18)19/h2,5-7H,1,3-4H2,(H,18,19). The highest BCUT2D eigenvalue weighted by Gasteiger charge is 2.30. The molecule has 1 aliphatic rings. The minimum absolute atomic E-state index is 0.0901. The van der Waals surface area contributed by atoms with E-state index >= 15 is 0 Å². The zero-order chi connectivity index (χ0) is 14.3. The van der Waals surface area contributed by atoms with Crippen molar-refractivity contribution in [2.75, 3.05) is 0 Å². The van der Waals surface area contributed by atoms with Crippen LogP contribution < -0.4 is 0 Å². The Morgan fingerprint density at radius 3 is 2.45 bits per heavy atom. The summed E-state index contributed by atoms with van der Waals surface area (Å²) in [4.78, 5) is 15.6. The van der Waals surface area contributed by atoms with Crippen LogP contribution in [0.25, 0.3) is 10.6 Å². The number of aromatic nitrogens is 1. The minimum atomic E-state index is -1.09. The molecule has 0 radical (unpaired) electrons. The van der Waals surface area contributed by atoms with Gasteiger partial charge in [-0.25, -0.2) is 18.6 Å². The lowest BCUT2D eigenvalue weighted by Gasteiger charge is -2.23. The molecule has 3 rings (SSSR count). The van der Waals surface area contributed by atoms with E-state index < -0.39 is 17.6 Å². The molecule has 1 saturated carbocycles. The number of hydrogen-bond donors (Lipinski definition) is 1. The Morgan fingerprint density at radius 1 is 1.30 bits per heavy atom. The van der Waals surface area contributed by atoms with E-state index in [0.29, 0.717) is 5.69 Å². The second kappa shape index (κ2) is 4.94. The number of thiazole rings is 1. The molecule has 0 aliphatic heterocycles. The first-order chi connectivity index (χ1) is 9.58. The van der Waals surface area contributed by atoms with Crippen molar-refractivity contribution in [3.63, 3.8) is 0 Å². The van der Waals surface area contributed by atoms with Crippen LogP contribution in [-0.2, 0) is 0 Å². The quantitative estimate of drug-likeness (QED) is 0.929. The number of hydrogen-bond acceptors (Lipinski definition) is 3. The van der Waals surface area contributed by atoms with E-state index in [9.17, 15) is 18.7 Å². The summed E-state index contributed by atoms with van der Waals surface area (Å²) >= 11 is 0.836. The molecule has 0 spiro atoms. The molecule has 0 saturated heterocycles. The summed E-state index contributed by atoms with van der Waals surface area (Å²) in [5.41, 5.74) is 0.219. The molecule has 6 heteroatoms. The summed E-state index contributed by atoms with van der Waals surface area (Å²) in [5, 5.41) is 9.31. The smallest absolute Gasteiger partial charge is 0.347 e. The van der Waals surface area contributed by atoms with Crippen molar-refractivity contribution in [1.29, 1.82) is 0 Å². The van der Waals surface area contributed by atoms with Crippen LogP contribution >= 0.6 is 11.3 Å². The molecule has 20 heavy (non-hydrogen) atoms. The summed E-state index contributed by atoms with van der Waals surface area (Å²) in [6, 6.07) is 3.55. The summed E-state index contributed by atoms with van der Waals surface area (Å²) in [5.74, 6) is -2.44. The molecule has 1 heterocycles. The molecule has 1 aromatic heterocycles. The minimum Gasteiger partial charge on any atom is -0.477 e. The van der Waals surface area contributed by atoms with Gasteiger partial charge in [-0.2, -0.15) is 0 Å². The van der Waals surface area contributed by atoms with Crippen LogP contribution in [-0.4, -0.2) is 16.1 Å². The van der Waals surface area contributed by atoms with Crippen LogP contribution in [0.5, 0.6) is 0 Å². The zero-order valence-corrected chi connectivity index (χ0v) is 11.2. The highest BCUT2D eigenvalue weighted by Crippen LogP contribution is 2.41. The van der Waals surface area contributed by atoms with Crippen molar-refractivity contribution < 1.29 is 18.7 Å². The molecule has 0 atom stereocenters. The third kappa shape index (κ3) is 2.10. The first kappa shape index (κ1) is 13.2. The zero-order valence-electron chi connectivity index (χ0n) is 10.4. The predicted octanol–water partition coefficient (Wildman–Crippen LogP) is 4.05. The Balaban J connectivity index is 2.13. The van der Waals surface area contributed by atoms with Gasteiger partial charge in [0.2, 0.25) is 0 Å². The molecule has 2 aromatic rings. The topological polar surface area (TPSA) is 50.2 Å². The Bertz CT molecular complexity index is 660. The van der Waals surface area contributed by atoms with Crippen molar-refractivity contribution >= 4 is 17.3 Å². The van der Waals surface area contributed by atoms with Gasteiger partial charge in [-0.1, -0.05) is 12.5 Å². The summed E-state index contributed by atoms with van der Waals surface area (Å²) in [7, 11) is 0. The van der Waals surface area contributed by atoms with Gasteiger partial charge in [-0.05, 0) is 25.0 Å². The van der Waals surface area contributed by atoms with Crippen LogP contribution in [0.1, 0.15) is 40.5 Å². The molecular weight excluding hydrogens is 284 g/mol. The average Bonchev–Trinajstić information content (AvgIpc) is 2.71. The molecule has 0 bridgehead atoms. The lowest BCUT2D eigenvalue weighted by Crippen LogP contribution is -2.12. The van der Waals surface area contributed by atoms with Gasteiger partial charge in [0, 0.05) is 5.92 Å². The fraction of sp³-hybridized carbons (Fsp3) is 0.286. The molecule has 0 amide bonds. The molecule has 1 aliphatic carbocycles. The van der Waals surface area contributed by atoms with Crippen molar-refractivity contribution in [1.82, 2.24) is 4.98 Å². The van der Waals surface area contributed by atoms with E-state index in [1.54, 1.807) is 0 Å². The molecule has 1 aromatic carbocycles. The number of carboxylic acid groups (broad SMARTS) is 1. The lowest BCUT2D eigenvalue weighted by atomic mass is 9.82. The maximum atomic E-state index is 13.8. The number of nitrogens with zero attached hydrogens (tertiary/aromatic N) is 1. The van der Waals surface area contributed by atoms with E-state index in [1.165, 1.54) is 6.07 Å². The second-order valence-corrected chi connectivity index (χ2v) is 5.76. The fourth-order valence-corrected chi connectivity index (χ4v) is 3.29. The highest BCUT2D eigenvalue weighted by molar-refractivity contribution is 7.17. The molecular formula is C14H11F2NO2S. The van der Waals surface area contributed by atoms with Gasteiger partial charge in [0.1, 0.15) is 21.5 Å². The van der Waals surface area contributed by atoms with Crippen molar-refractivity contribution in [2.24, 2.45) is 0 Å². The maximum Gasteiger partial charge on any atom is 0.347 e. The first-order valence-corrected chi connectivity index (χ1v) is 7.08. The van der Waals surface area contributed by atoms with Crippen LogP contribution in [0.2, 0.25) is 0 Å². The molecule has 104 valence electrons. The summed E-state index contributed by atoms with van der Waals surface area (Å²) in [6.07, 6.45) is 2.79. The van der Waals surface area contributed by atoms with Crippen LogP contribution in [0.3, 0.4) is 0 Å². The normalized spacial score (nSPS) is 15.1. The maximum absolute atomic E-state index is 13.8. The van der Waals surface area contributed by atoms with Gasteiger partial charge in [-0.3, -0.25) is 0 Å². The van der Waals surface area contributed by atoms with Crippen LogP contribution in [0.4, 0.5) is 8.78 Å². The van der Waals surface area contributed by atoms with Gasteiger partial charge in [0.05, 0.1) is 11.3 Å². The van der Waals surface area contributed by atoms with Gasteiger partial charge < -0.3 is 5.11 Å². The SMILES string of the molecule is O=C(O)c1sc(-c2c(F)cccc2F)nc1C1CCC1. The Kier molecular flexibility index (Phi) is 3.25. The third-order valence-electron chi connectivity index (χ3n) is 3.52. The van der Waals surface area contributed by atoms with Crippen LogP contribution in [0, 0.1) is 11.6 Å². The van der Waals surface area contributed by atoms with E-state index in [0.717, 1.165) is 42.7 Å². The summed E-state index contributed by atoms with van der Waals surface area (Å²) < 4.78 is 27.5. The monoisotopic (exact) mass is 295 g/mol. The predicted molar refractivity (Wildman–Crippen MR) is 71.0 cm³/mol. The largest absolute Gasteiger partial charge is 0.477 e. The number of carboxylic acids is 1. The van der Waals surface area contributed by atoms with Crippen molar-refractivity contribution in [3.05, 3.63) is 40.4 Å². The number of halogens is 2. The van der Waals surface area contributed by atoms with Crippen molar-refractivity contribution in [3.8, 4) is 10.6 Å². The van der Waals surface area contributed by atoms with Gasteiger partial charge >= 0.3 is 5.97 Å². The number of carbonyl (C=O) groups is 1. The Hall–Kier alpha value is -1.82. The van der Waals surface area contributed by atoms with Gasteiger partial charge in [-0.15, -0.1) is 11.3 Å². The molecule has 3 nitrogen and oxygen atoms in total. The Labute approximate surface area is 117 Å². The number of benzene rings is 1. The Morgan fingerprint density at radius 2 is 1.95 bits per heavy atom. The van der Waals surface area contributed by atoms with E-state index in [2.05, 4.69) is 4.98 Å². The van der Waals surface area contributed by atoms with Gasteiger partial charge in [0.25, 0.3) is 0 Å². The lowest BCUT2D eigenvalue weighted by molar-refractivity contribution is 0.0699. The molecule has 1 fully saturated rings. The van der Waals surface area contributed by atoms with E-state index in [-0.39, 0.29) is 21.4 Å². The number of aromatic carboxylic acids is 1.